The predicted molar refractivity (Wildman–Crippen MR) is 64.4 cm³/mol. The average molecular weight is 204 g/mol. The van der Waals surface area contributed by atoms with Crippen LogP contribution in [-0.2, 0) is 6.42 Å². The maximum Gasteiger partial charge on any atom is 0.0640 e. The Bertz CT molecular complexity index is 346. The fourth-order valence-corrected chi connectivity index (χ4v) is 2.26. The van der Waals surface area contributed by atoms with Gasteiger partial charge in [-0.2, -0.15) is 0 Å². The monoisotopic (exact) mass is 204 g/mol. The fraction of sp³-hybridized carbons (Fsp3) is 0.615. The number of aromatic nitrogens is 1. The molecule has 0 saturated carbocycles. The van der Waals surface area contributed by atoms with E-state index in [2.05, 4.69) is 42.8 Å². The van der Waals surface area contributed by atoms with E-state index in [4.69, 9.17) is 0 Å². The molecule has 1 aromatic heterocycles. The Morgan fingerprint density at radius 2 is 2.27 bits per heavy atom. The Labute approximate surface area is 92.3 Å². The normalized spacial score (nSPS) is 17.4. The summed E-state index contributed by atoms with van der Waals surface area (Å²) in [7, 11) is 0. The van der Waals surface area contributed by atoms with Crippen molar-refractivity contribution < 1.29 is 0 Å². The third-order valence-corrected chi connectivity index (χ3v) is 3.33. The minimum atomic E-state index is 0.633. The molecule has 0 aromatic carbocycles. The number of rotatable bonds is 2. The standard InChI is InChI=1S/C13H20N2/c1-4-11(3)15-9-5-6-12-13(15)8-7-10(2)14-12/h7-8,11H,4-6,9H2,1-3H3. The van der Waals surface area contributed by atoms with E-state index in [0.717, 1.165) is 12.1 Å². The molecule has 1 unspecified atom stereocenters. The smallest absolute Gasteiger partial charge is 0.0640 e. The van der Waals surface area contributed by atoms with Gasteiger partial charge in [0.1, 0.15) is 0 Å². The zero-order valence-electron chi connectivity index (χ0n) is 9.95. The molecule has 0 radical (unpaired) electrons. The van der Waals surface area contributed by atoms with Gasteiger partial charge in [0.25, 0.3) is 0 Å². The second kappa shape index (κ2) is 4.21. The van der Waals surface area contributed by atoms with E-state index in [1.807, 2.05) is 0 Å². The second-order valence-corrected chi connectivity index (χ2v) is 4.47. The predicted octanol–water partition coefficient (Wildman–Crippen LogP) is 2.94. The van der Waals surface area contributed by atoms with Crippen LogP contribution in [0.2, 0.25) is 0 Å². The van der Waals surface area contributed by atoms with Gasteiger partial charge in [0, 0.05) is 18.3 Å². The molecule has 2 heterocycles. The van der Waals surface area contributed by atoms with Gasteiger partial charge in [-0.1, -0.05) is 6.92 Å². The van der Waals surface area contributed by atoms with Gasteiger partial charge in [-0.15, -0.1) is 0 Å². The summed E-state index contributed by atoms with van der Waals surface area (Å²) < 4.78 is 0. The van der Waals surface area contributed by atoms with E-state index in [1.165, 1.54) is 30.8 Å². The number of nitrogens with zero attached hydrogens (tertiary/aromatic N) is 2. The summed E-state index contributed by atoms with van der Waals surface area (Å²) in [5.74, 6) is 0. The van der Waals surface area contributed by atoms with Crippen molar-refractivity contribution in [3.63, 3.8) is 0 Å². The first-order chi connectivity index (χ1) is 7.22. The Kier molecular flexibility index (Phi) is 2.94. The van der Waals surface area contributed by atoms with Crippen LogP contribution in [0.4, 0.5) is 5.69 Å². The lowest BCUT2D eigenvalue weighted by Crippen LogP contribution is -2.37. The van der Waals surface area contributed by atoms with Crippen molar-refractivity contribution >= 4 is 5.69 Å². The molecule has 2 nitrogen and oxygen atoms in total. The highest BCUT2D eigenvalue weighted by molar-refractivity contribution is 5.53. The Hall–Kier alpha value is -1.05. The summed E-state index contributed by atoms with van der Waals surface area (Å²) in [6, 6.07) is 5.00. The Morgan fingerprint density at radius 1 is 1.47 bits per heavy atom. The lowest BCUT2D eigenvalue weighted by Gasteiger charge is -2.35. The van der Waals surface area contributed by atoms with Crippen LogP contribution in [0.15, 0.2) is 12.1 Å². The van der Waals surface area contributed by atoms with Gasteiger partial charge >= 0.3 is 0 Å². The summed E-state index contributed by atoms with van der Waals surface area (Å²) in [5.41, 5.74) is 3.79. The van der Waals surface area contributed by atoms with Crippen molar-refractivity contribution in [1.82, 2.24) is 4.98 Å². The molecule has 1 atom stereocenters. The van der Waals surface area contributed by atoms with E-state index in [1.54, 1.807) is 0 Å². The van der Waals surface area contributed by atoms with Gasteiger partial charge in [0.05, 0.1) is 11.4 Å². The van der Waals surface area contributed by atoms with Crippen molar-refractivity contribution in [3.8, 4) is 0 Å². The molecule has 0 fully saturated rings. The molecule has 0 bridgehead atoms. The van der Waals surface area contributed by atoms with Crippen LogP contribution >= 0.6 is 0 Å². The maximum absolute atomic E-state index is 4.64. The zero-order chi connectivity index (χ0) is 10.8. The average Bonchev–Trinajstić information content (AvgIpc) is 2.26. The van der Waals surface area contributed by atoms with Crippen molar-refractivity contribution in [2.45, 2.75) is 46.1 Å². The van der Waals surface area contributed by atoms with E-state index < -0.39 is 0 Å². The molecule has 1 aliphatic rings. The minimum absolute atomic E-state index is 0.633. The van der Waals surface area contributed by atoms with Gasteiger partial charge in [-0.05, 0) is 45.2 Å². The van der Waals surface area contributed by atoms with Crippen molar-refractivity contribution in [1.29, 1.82) is 0 Å². The third kappa shape index (κ3) is 1.99. The number of hydrogen-bond acceptors (Lipinski definition) is 2. The Morgan fingerprint density at radius 3 is 3.00 bits per heavy atom. The van der Waals surface area contributed by atoms with E-state index >= 15 is 0 Å². The number of anilines is 1. The zero-order valence-corrected chi connectivity index (χ0v) is 9.95. The van der Waals surface area contributed by atoms with Crippen LogP contribution in [0.1, 0.15) is 38.1 Å². The van der Waals surface area contributed by atoms with E-state index in [-0.39, 0.29) is 0 Å². The summed E-state index contributed by atoms with van der Waals surface area (Å²) in [6.07, 6.45) is 3.59. The first kappa shape index (κ1) is 10.5. The number of pyridine rings is 1. The van der Waals surface area contributed by atoms with Crippen LogP contribution < -0.4 is 4.90 Å². The highest BCUT2D eigenvalue weighted by Gasteiger charge is 2.20. The lowest BCUT2D eigenvalue weighted by atomic mass is 10.0. The van der Waals surface area contributed by atoms with E-state index in [9.17, 15) is 0 Å². The van der Waals surface area contributed by atoms with Crippen LogP contribution in [-0.4, -0.2) is 17.6 Å². The van der Waals surface area contributed by atoms with Gasteiger partial charge in [0.15, 0.2) is 0 Å². The first-order valence-electron chi connectivity index (χ1n) is 5.95. The SMILES string of the molecule is CCC(C)N1CCCc2nc(C)ccc21. The van der Waals surface area contributed by atoms with Crippen LogP contribution in [0.25, 0.3) is 0 Å². The minimum Gasteiger partial charge on any atom is -0.367 e. The van der Waals surface area contributed by atoms with Crippen LogP contribution in [0.3, 0.4) is 0 Å². The fourth-order valence-electron chi connectivity index (χ4n) is 2.26. The number of aryl methyl sites for hydroxylation is 2. The molecule has 1 aromatic rings. The Balaban J connectivity index is 2.34. The highest BCUT2D eigenvalue weighted by Crippen LogP contribution is 2.28. The maximum atomic E-state index is 4.64. The van der Waals surface area contributed by atoms with Gasteiger partial charge < -0.3 is 4.90 Å². The van der Waals surface area contributed by atoms with Gasteiger partial charge in [0.2, 0.25) is 0 Å². The molecule has 0 saturated heterocycles. The molecule has 2 heteroatoms. The summed E-state index contributed by atoms with van der Waals surface area (Å²) >= 11 is 0. The molecule has 15 heavy (non-hydrogen) atoms. The van der Waals surface area contributed by atoms with Gasteiger partial charge in [-0.25, -0.2) is 0 Å². The number of hydrogen-bond donors (Lipinski definition) is 0. The van der Waals surface area contributed by atoms with Crippen molar-refractivity contribution in [2.24, 2.45) is 0 Å². The summed E-state index contributed by atoms with van der Waals surface area (Å²) in [5, 5.41) is 0. The molecule has 0 amide bonds. The van der Waals surface area contributed by atoms with Gasteiger partial charge in [-0.3, -0.25) is 4.98 Å². The molecule has 0 spiro atoms. The quantitative estimate of drug-likeness (QED) is 0.736. The lowest BCUT2D eigenvalue weighted by molar-refractivity contribution is 0.573. The largest absolute Gasteiger partial charge is 0.367 e. The molecular weight excluding hydrogens is 184 g/mol. The van der Waals surface area contributed by atoms with E-state index in [0.29, 0.717) is 6.04 Å². The van der Waals surface area contributed by atoms with Crippen LogP contribution in [0, 0.1) is 6.92 Å². The molecule has 0 N–H and O–H groups in total. The number of fused-ring (bicyclic) bond motifs is 1. The highest BCUT2D eigenvalue weighted by atomic mass is 15.2. The van der Waals surface area contributed by atoms with Crippen molar-refractivity contribution in [3.05, 3.63) is 23.5 Å². The second-order valence-electron chi connectivity index (χ2n) is 4.47. The molecular formula is C13H20N2. The molecule has 2 rings (SSSR count). The topological polar surface area (TPSA) is 16.1 Å². The molecule has 1 aliphatic heterocycles. The summed E-state index contributed by atoms with van der Waals surface area (Å²) in [6.45, 7) is 7.81. The summed E-state index contributed by atoms with van der Waals surface area (Å²) in [4.78, 5) is 7.14. The molecule has 0 aliphatic carbocycles. The third-order valence-electron chi connectivity index (χ3n) is 3.33. The first-order valence-corrected chi connectivity index (χ1v) is 5.95. The molecule has 82 valence electrons. The van der Waals surface area contributed by atoms with Crippen LogP contribution in [0.5, 0.6) is 0 Å². The van der Waals surface area contributed by atoms with Crippen molar-refractivity contribution in [2.75, 3.05) is 11.4 Å².